The number of cyclic esters (lactones) is 1. The first kappa shape index (κ1) is 23.6. The molecular weight excluding hydrogens is 488 g/mol. The molecule has 0 spiro atoms. The molecule has 0 amide bonds. The average Bonchev–Trinajstić information content (AvgIpc) is 3.54. The predicted octanol–water partition coefficient (Wildman–Crippen LogP) is 1.74. The minimum absolute atomic E-state index is 0.0840. The largest absolute Gasteiger partial charge is 0.493 e. The van der Waals surface area contributed by atoms with Crippen LogP contribution in [0.5, 0.6) is 28.7 Å². The summed E-state index contributed by atoms with van der Waals surface area (Å²) in [6.45, 7) is -0.230. The smallest absolute Gasteiger partial charge is 0.339 e. The summed E-state index contributed by atoms with van der Waals surface area (Å²) >= 11 is 0. The highest BCUT2D eigenvalue weighted by molar-refractivity contribution is 6.14. The van der Waals surface area contributed by atoms with Crippen LogP contribution in [0.4, 0.5) is 0 Å². The van der Waals surface area contributed by atoms with Crippen LogP contribution in [0.3, 0.4) is 0 Å². The SMILES string of the molecule is COc1cc2c(O[C@H]3OC[C@@H](O)[C@@H](O)[C@@H]3O)c3c(c(-c4ccc5c(c4)OCO5)c2cc1OC)C(=O)OC3. The maximum absolute atomic E-state index is 13.1. The van der Waals surface area contributed by atoms with Gasteiger partial charge in [0.2, 0.25) is 13.1 Å². The maximum atomic E-state index is 13.1. The fourth-order valence-corrected chi connectivity index (χ4v) is 4.89. The normalized spacial score (nSPS) is 24.1. The molecule has 0 unspecified atom stereocenters. The molecule has 37 heavy (non-hydrogen) atoms. The van der Waals surface area contributed by atoms with Gasteiger partial charge in [0.15, 0.2) is 23.0 Å². The van der Waals surface area contributed by atoms with Crippen LogP contribution in [0, 0.1) is 0 Å². The number of methoxy groups -OCH3 is 2. The molecule has 0 bridgehead atoms. The van der Waals surface area contributed by atoms with Crippen molar-refractivity contribution in [2.45, 2.75) is 31.2 Å². The summed E-state index contributed by atoms with van der Waals surface area (Å²) in [5.74, 6) is 1.62. The second-order valence-electron chi connectivity index (χ2n) is 8.82. The molecule has 4 atom stereocenters. The Hall–Kier alpha value is -3.77. The van der Waals surface area contributed by atoms with Crippen LogP contribution in [-0.2, 0) is 16.1 Å². The van der Waals surface area contributed by atoms with Gasteiger partial charge in [-0.05, 0) is 35.2 Å². The van der Waals surface area contributed by atoms with E-state index >= 15 is 0 Å². The second-order valence-corrected chi connectivity index (χ2v) is 8.82. The van der Waals surface area contributed by atoms with Gasteiger partial charge in [0, 0.05) is 16.5 Å². The van der Waals surface area contributed by atoms with Crippen molar-refractivity contribution < 1.29 is 53.3 Å². The number of carbonyl (C=O) groups is 1. The number of carbonyl (C=O) groups excluding carboxylic acids is 1. The monoisotopic (exact) mass is 512 g/mol. The molecule has 1 saturated heterocycles. The molecule has 3 aliphatic heterocycles. The zero-order chi connectivity index (χ0) is 25.8. The standard InChI is InChI=1S/C26H24O11/c1-31-17-6-12-13(7-18(17)32-2)24(37-26-23(29)22(28)15(27)9-34-26)14-8-33-25(30)21(14)20(12)11-3-4-16-19(5-11)36-10-35-16/h3-7,15,22-23,26-29H,8-10H2,1-2H3/t15-,22-,23+,26-/m1/s1. The van der Waals surface area contributed by atoms with Crippen LogP contribution >= 0.6 is 0 Å². The third-order valence-corrected chi connectivity index (χ3v) is 6.76. The first-order valence-electron chi connectivity index (χ1n) is 11.6. The highest BCUT2D eigenvalue weighted by Gasteiger charge is 2.41. The fourth-order valence-electron chi connectivity index (χ4n) is 4.89. The Bertz CT molecular complexity index is 1400. The topological polar surface area (TPSA) is 142 Å². The Morgan fingerprint density at radius 2 is 1.59 bits per heavy atom. The van der Waals surface area contributed by atoms with Gasteiger partial charge in [-0.2, -0.15) is 0 Å². The molecule has 0 aliphatic carbocycles. The Balaban J connectivity index is 1.61. The van der Waals surface area contributed by atoms with Crippen molar-refractivity contribution >= 4 is 16.7 Å². The lowest BCUT2D eigenvalue weighted by atomic mass is 9.89. The van der Waals surface area contributed by atoms with E-state index in [-0.39, 0.29) is 31.3 Å². The van der Waals surface area contributed by atoms with E-state index in [1.165, 1.54) is 14.2 Å². The van der Waals surface area contributed by atoms with Crippen LogP contribution in [0.25, 0.3) is 21.9 Å². The number of benzene rings is 3. The summed E-state index contributed by atoms with van der Waals surface area (Å²) in [4.78, 5) is 13.1. The first-order chi connectivity index (χ1) is 17.9. The molecule has 0 saturated carbocycles. The number of esters is 1. The zero-order valence-electron chi connectivity index (χ0n) is 19.9. The molecule has 3 aromatic carbocycles. The average molecular weight is 512 g/mol. The minimum atomic E-state index is -1.54. The highest BCUT2D eigenvalue weighted by atomic mass is 16.7. The van der Waals surface area contributed by atoms with Crippen molar-refractivity contribution in [2.24, 2.45) is 0 Å². The van der Waals surface area contributed by atoms with Gasteiger partial charge in [0.1, 0.15) is 30.7 Å². The van der Waals surface area contributed by atoms with Gasteiger partial charge in [-0.15, -0.1) is 0 Å². The van der Waals surface area contributed by atoms with E-state index in [4.69, 9.17) is 33.2 Å². The molecule has 194 valence electrons. The summed E-state index contributed by atoms with van der Waals surface area (Å²) in [7, 11) is 3.00. The highest BCUT2D eigenvalue weighted by Crippen LogP contribution is 2.49. The molecule has 1 fully saturated rings. The Morgan fingerprint density at radius 1 is 0.865 bits per heavy atom. The summed E-state index contributed by atoms with van der Waals surface area (Å²) in [6, 6.07) is 8.79. The first-order valence-corrected chi connectivity index (χ1v) is 11.6. The van der Waals surface area contributed by atoms with E-state index in [0.717, 1.165) is 0 Å². The lowest BCUT2D eigenvalue weighted by Gasteiger charge is -2.35. The predicted molar refractivity (Wildman–Crippen MR) is 126 cm³/mol. The van der Waals surface area contributed by atoms with E-state index in [2.05, 4.69) is 0 Å². The number of fused-ring (bicyclic) bond motifs is 3. The number of hydrogen-bond acceptors (Lipinski definition) is 11. The summed E-state index contributed by atoms with van der Waals surface area (Å²) in [5.41, 5.74) is 1.96. The third-order valence-electron chi connectivity index (χ3n) is 6.76. The van der Waals surface area contributed by atoms with Crippen molar-refractivity contribution in [3.05, 3.63) is 41.5 Å². The summed E-state index contributed by atoms with van der Waals surface area (Å²) < 4.78 is 39.1. The van der Waals surface area contributed by atoms with E-state index < -0.39 is 30.6 Å². The molecular formula is C26H24O11. The van der Waals surface area contributed by atoms with Crippen molar-refractivity contribution in [1.29, 1.82) is 0 Å². The number of aliphatic hydroxyl groups excluding tert-OH is 3. The van der Waals surface area contributed by atoms with Gasteiger partial charge in [0.25, 0.3) is 0 Å². The Morgan fingerprint density at radius 3 is 2.35 bits per heavy atom. The number of rotatable bonds is 5. The molecule has 3 aromatic rings. The van der Waals surface area contributed by atoms with Gasteiger partial charge in [-0.1, -0.05) is 6.07 Å². The van der Waals surface area contributed by atoms with Gasteiger partial charge in [-0.25, -0.2) is 4.79 Å². The van der Waals surface area contributed by atoms with E-state index in [9.17, 15) is 20.1 Å². The molecule has 6 rings (SSSR count). The number of ether oxygens (including phenoxy) is 7. The lowest BCUT2D eigenvalue weighted by molar-refractivity contribution is -0.241. The number of hydrogen-bond donors (Lipinski definition) is 3. The van der Waals surface area contributed by atoms with Gasteiger partial charge in [-0.3, -0.25) is 0 Å². The molecule has 3 N–H and O–H groups in total. The molecule has 3 heterocycles. The lowest BCUT2D eigenvalue weighted by Crippen LogP contribution is -2.54. The molecule has 3 aliphatic rings. The van der Waals surface area contributed by atoms with Crippen molar-refractivity contribution in [2.75, 3.05) is 27.6 Å². The van der Waals surface area contributed by atoms with Crippen LogP contribution in [0.15, 0.2) is 30.3 Å². The molecule has 0 aromatic heterocycles. The zero-order valence-corrected chi connectivity index (χ0v) is 19.9. The Kier molecular flexibility index (Phi) is 5.72. The van der Waals surface area contributed by atoms with Gasteiger partial charge < -0.3 is 48.5 Å². The van der Waals surface area contributed by atoms with Crippen LogP contribution in [-0.4, -0.2) is 73.5 Å². The quantitative estimate of drug-likeness (QED) is 0.430. The minimum Gasteiger partial charge on any atom is -0.493 e. The van der Waals surface area contributed by atoms with Crippen molar-refractivity contribution in [3.63, 3.8) is 0 Å². The molecule has 11 heteroatoms. The summed E-state index contributed by atoms with van der Waals surface area (Å²) in [5, 5.41) is 31.6. The Labute approximate surface area is 210 Å². The van der Waals surface area contributed by atoms with Crippen molar-refractivity contribution in [1.82, 2.24) is 0 Å². The summed E-state index contributed by atoms with van der Waals surface area (Å²) in [6.07, 6.45) is -5.59. The van der Waals surface area contributed by atoms with Crippen molar-refractivity contribution in [3.8, 4) is 39.9 Å². The van der Waals surface area contributed by atoms with Crippen LogP contribution in [0.1, 0.15) is 15.9 Å². The molecule has 11 nitrogen and oxygen atoms in total. The number of aliphatic hydroxyl groups is 3. The third kappa shape index (κ3) is 3.70. The van der Waals surface area contributed by atoms with E-state index in [0.29, 0.717) is 50.5 Å². The van der Waals surface area contributed by atoms with Gasteiger partial charge >= 0.3 is 5.97 Å². The van der Waals surface area contributed by atoms with Crippen LogP contribution < -0.4 is 23.7 Å². The second kappa shape index (κ2) is 8.96. The fraction of sp³-hybridized carbons (Fsp3) is 0.346. The van der Waals surface area contributed by atoms with E-state index in [1.54, 1.807) is 24.3 Å². The van der Waals surface area contributed by atoms with Crippen LogP contribution in [0.2, 0.25) is 0 Å². The van der Waals surface area contributed by atoms with Gasteiger partial charge in [0.05, 0.1) is 26.4 Å². The maximum Gasteiger partial charge on any atom is 0.339 e. The van der Waals surface area contributed by atoms with E-state index in [1.807, 2.05) is 6.07 Å². The molecule has 0 radical (unpaired) electrons.